The number of amides is 1. The van der Waals surface area contributed by atoms with E-state index in [2.05, 4.69) is 0 Å². The van der Waals surface area contributed by atoms with Crippen molar-refractivity contribution < 1.29 is 18.0 Å². The maximum Gasteiger partial charge on any atom is 0.261 e. The second-order valence-corrected chi connectivity index (χ2v) is 2.88. The molecule has 12 heavy (non-hydrogen) atoms. The summed E-state index contributed by atoms with van der Waals surface area (Å²) in [6, 6.07) is -1.63. The Bertz CT molecular complexity index is 170. The van der Waals surface area contributed by atoms with Crippen molar-refractivity contribution >= 4 is 5.91 Å². The van der Waals surface area contributed by atoms with Crippen LogP contribution in [0, 0.1) is 5.92 Å². The molecular formula is C7H10F3NO. The van der Waals surface area contributed by atoms with Crippen molar-refractivity contribution in [2.24, 2.45) is 5.92 Å². The Morgan fingerprint density at radius 3 is 2.42 bits per heavy atom. The maximum absolute atomic E-state index is 11.9. The van der Waals surface area contributed by atoms with Crippen molar-refractivity contribution in [2.45, 2.75) is 25.3 Å². The van der Waals surface area contributed by atoms with Gasteiger partial charge in [-0.1, -0.05) is 0 Å². The summed E-state index contributed by atoms with van der Waals surface area (Å²) in [4.78, 5) is 10.9. The van der Waals surface area contributed by atoms with Crippen LogP contribution in [0.3, 0.4) is 0 Å². The molecule has 1 amide bonds. The monoisotopic (exact) mass is 181 g/mol. The fourth-order valence-corrected chi connectivity index (χ4v) is 0.815. The summed E-state index contributed by atoms with van der Waals surface area (Å²) < 4.78 is 35.6. The van der Waals surface area contributed by atoms with Crippen molar-refractivity contribution in [1.29, 1.82) is 0 Å². The van der Waals surface area contributed by atoms with Gasteiger partial charge in [-0.05, 0) is 12.8 Å². The van der Waals surface area contributed by atoms with Crippen LogP contribution < -0.4 is 5.32 Å². The normalized spacial score (nSPS) is 19.3. The summed E-state index contributed by atoms with van der Waals surface area (Å²) in [7, 11) is 0. The van der Waals surface area contributed by atoms with Gasteiger partial charge in [0.1, 0.15) is 12.7 Å². The number of nitrogens with one attached hydrogen (secondary N) is 1. The highest BCUT2D eigenvalue weighted by Crippen LogP contribution is 2.29. The lowest BCUT2D eigenvalue weighted by Gasteiger charge is -2.13. The quantitative estimate of drug-likeness (QED) is 0.691. The topological polar surface area (TPSA) is 29.1 Å². The Morgan fingerprint density at radius 1 is 1.50 bits per heavy atom. The molecule has 0 bridgehead atoms. The third-order valence-electron chi connectivity index (χ3n) is 1.75. The number of rotatable bonds is 4. The second kappa shape index (κ2) is 3.78. The molecule has 0 radical (unpaired) electrons. The lowest BCUT2D eigenvalue weighted by atomic mass is 10.3. The van der Waals surface area contributed by atoms with Gasteiger partial charge in [0.15, 0.2) is 0 Å². The first kappa shape index (κ1) is 9.35. The molecule has 1 unspecified atom stereocenters. The molecule has 70 valence electrons. The van der Waals surface area contributed by atoms with Crippen LogP contribution in [0.25, 0.3) is 0 Å². The smallest absolute Gasteiger partial charge is 0.261 e. The van der Waals surface area contributed by atoms with Gasteiger partial charge in [-0.15, -0.1) is 0 Å². The zero-order chi connectivity index (χ0) is 9.14. The number of carbonyl (C=O) groups is 1. The van der Waals surface area contributed by atoms with Gasteiger partial charge in [-0.3, -0.25) is 4.79 Å². The van der Waals surface area contributed by atoms with E-state index in [-0.39, 0.29) is 5.92 Å². The minimum atomic E-state index is -2.82. The Balaban J connectivity index is 2.30. The predicted octanol–water partition coefficient (Wildman–Crippen LogP) is 1.12. The molecule has 0 heterocycles. The third-order valence-corrected chi connectivity index (χ3v) is 1.75. The molecule has 0 aromatic carbocycles. The SMILES string of the molecule is O=C(NC(CF)C(F)F)C1CC1. The van der Waals surface area contributed by atoms with Crippen molar-refractivity contribution in [1.82, 2.24) is 5.32 Å². The highest BCUT2D eigenvalue weighted by molar-refractivity contribution is 5.81. The van der Waals surface area contributed by atoms with Crippen LogP contribution >= 0.6 is 0 Å². The Labute approximate surface area is 68.1 Å². The molecule has 2 nitrogen and oxygen atoms in total. The number of alkyl halides is 3. The van der Waals surface area contributed by atoms with Crippen LogP contribution in [-0.4, -0.2) is 25.0 Å². The zero-order valence-electron chi connectivity index (χ0n) is 6.40. The lowest BCUT2D eigenvalue weighted by Crippen LogP contribution is -2.42. The molecule has 1 N–H and O–H groups in total. The highest BCUT2D eigenvalue weighted by atomic mass is 19.3. The molecule has 0 aromatic heterocycles. The Morgan fingerprint density at radius 2 is 2.08 bits per heavy atom. The molecule has 1 fully saturated rings. The number of halogens is 3. The van der Waals surface area contributed by atoms with Crippen molar-refractivity contribution in [2.75, 3.05) is 6.67 Å². The van der Waals surface area contributed by atoms with E-state index in [1.807, 2.05) is 5.32 Å². The molecule has 0 spiro atoms. The van der Waals surface area contributed by atoms with Crippen LogP contribution in [0.1, 0.15) is 12.8 Å². The highest BCUT2D eigenvalue weighted by Gasteiger charge is 2.32. The fraction of sp³-hybridized carbons (Fsp3) is 0.857. The lowest BCUT2D eigenvalue weighted by molar-refractivity contribution is -0.124. The average Bonchev–Trinajstić information content (AvgIpc) is 2.80. The molecule has 0 aliphatic heterocycles. The summed E-state index contributed by atoms with van der Waals surface area (Å²) in [6.45, 7) is -1.21. The van der Waals surface area contributed by atoms with Crippen LogP contribution in [0.4, 0.5) is 13.2 Å². The summed E-state index contributed by atoms with van der Waals surface area (Å²) in [6.07, 6.45) is -1.36. The van der Waals surface area contributed by atoms with E-state index >= 15 is 0 Å². The Hall–Kier alpha value is -0.740. The van der Waals surface area contributed by atoms with Crippen LogP contribution in [0.2, 0.25) is 0 Å². The largest absolute Gasteiger partial charge is 0.345 e. The van der Waals surface area contributed by atoms with E-state index in [1.165, 1.54) is 0 Å². The number of hydrogen-bond acceptors (Lipinski definition) is 1. The van der Waals surface area contributed by atoms with Gasteiger partial charge in [-0.2, -0.15) is 0 Å². The molecule has 0 saturated heterocycles. The van der Waals surface area contributed by atoms with Gasteiger partial charge < -0.3 is 5.32 Å². The maximum atomic E-state index is 11.9. The third kappa shape index (κ3) is 2.39. The molecule has 1 saturated carbocycles. The van der Waals surface area contributed by atoms with Gasteiger partial charge in [0.25, 0.3) is 6.43 Å². The minimum Gasteiger partial charge on any atom is -0.345 e. The number of carbonyl (C=O) groups excluding carboxylic acids is 1. The van der Waals surface area contributed by atoms with E-state index in [1.54, 1.807) is 0 Å². The van der Waals surface area contributed by atoms with E-state index in [0.717, 1.165) is 12.8 Å². The van der Waals surface area contributed by atoms with Gasteiger partial charge >= 0.3 is 0 Å². The number of hydrogen-bond donors (Lipinski definition) is 1. The first-order valence-corrected chi connectivity index (χ1v) is 3.79. The van der Waals surface area contributed by atoms with Crippen LogP contribution in [0.5, 0.6) is 0 Å². The van der Waals surface area contributed by atoms with Crippen LogP contribution in [-0.2, 0) is 4.79 Å². The van der Waals surface area contributed by atoms with Gasteiger partial charge in [-0.25, -0.2) is 13.2 Å². The second-order valence-electron chi connectivity index (χ2n) is 2.88. The van der Waals surface area contributed by atoms with Crippen molar-refractivity contribution in [3.05, 3.63) is 0 Å². The molecular weight excluding hydrogens is 171 g/mol. The van der Waals surface area contributed by atoms with E-state index in [9.17, 15) is 18.0 Å². The molecule has 1 atom stereocenters. The van der Waals surface area contributed by atoms with E-state index in [0.29, 0.717) is 0 Å². The average molecular weight is 181 g/mol. The van der Waals surface area contributed by atoms with Gasteiger partial charge in [0.2, 0.25) is 5.91 Å². The van der Waals surface area contributed by atoms with E-state index < -0.39 is 25.0 Å². The first-order valence-electron chi connectivity index (χ1n) is 3.79. The summed E-state index contributed by atoms with van der Waals surface area (Å²) in [5, 5.41) is 1.96. The van der Waals surface area contributed by atoms with Crippen molar-refractivity contribution in [3.8, 4) is 0 Å². The minimum absolute atomic E-state index is 0.155. The molecule has 0 aromatic rings. The van der Waals surface area contributed by atoms with E-state index in [4.69, 9.17) is 0 Å². The fourth-order valence-electron chi connectivity index (χ4n) is 0.815. The van der Waals surface area contributed by atoms with Gasteiger partial charge in [0, 0.05) is 5.92 Å². The summed E-state index contributed by atoms with van der Waals surface area (Å²) >= 11 is 0. The summed E-state index contributed by atoms with van der Waals surface area (Å²) in [5.74, 6) is -0.601. The zero-order valence-corrected chi connectivity index (χ0v) is 6.40. The standard InChI is InChI=1S/C7H10F3NO/c8-3-5(6(9)10)11-7(12)4-1-2-4/h4-6H,1-3H2,(H,11,12). The van der Waals surface area contributed by atoms with Gasteiger partial charge in [0.05, 0.1) is 0 Å². The summed E-state index contributed by atoms with van der Waals surface area (Å²) in [5.41, 5.74) is 0. The first-order chi connectivity index (χ1) is 5.65. The Kier molecular flexibility index (Phi) is 2.94. The van der Waals surface area contributed by atoms with Crippen molar-refractivity contribution in [3.63, 3.8) is 0 Å². The molecule has 1 aliphatic carbocycles. The molecule has 5 heteroatoms. The molecule has 1 rings (SSSR count). The van der Waals surface area contributed by atoms with Crippen LogP contribution in [0.15, 0.2) is 0 Å². The molecule has 1 aliphatic rings. The predicted molar refractivity (Wildman–Crippen MR) is 36.6 cm³/mol.